The fourth-order valence-corrected chi connectivity index (χ4v) is 9.77. The van der Waals surface area contributed by atoms with Crippen molar-refractivity contribution in [3.05, 3.63) is 29.8 Å². The van der Waals surface area contributed by atoms with Crippen molar-refractivity contribution in [2.45, 2.75) is 35.6 Å². The van der Waals surface area contributed by atoms with Crippen LogP contribution in [0.5, 0.6) is 0 Å². The second kappa shape index (κ2) is 6.33. The Labute approximate surface area is 148 Å². The molecule has 0 bridgehead atoms. The minimum Gasteiger partial charge on any atom is -0.308 e. The molecule has 10 heteroatoms. The summed E-state index contributed by atoms with van der Waals surface area (Å²) in [6.07, 6.45) is 0.371. The lowest BCUT2D eigenvalue weighted by atomic mass is 10.2. The molecule has 1 aromatic rings. The zero-order valence-electron chi connectivity index (χ0n) is 13.8. The molecular formula is C15H21NO6S3. The highest BCUT2D eigenvalue weighted by molar-refractivity contribution is 7.96. The number of rotatable bonds is 4. The van der Waals surface area contributed by atoms with Gasteiger partial charge < -0.3 is 5.32 Å². The van der Waals surface area contributed by atoms with Gasteiger partial charge in [-0.2, -0.15) is 0 Å². The van der Waals surface area contributed by atoms with Crippen molar-refractivity contribution in [1.29, 1.82) is 0 Å². The topological polar surface area (TPSA) is 114 Å². The standard InChI is InChI=1S/C15H21NO6S3/c1-11-2-4-13(5-3-11)25(21,22)15-10-24(19,20)9-14(15)16-12-6-7-23(17,18)8-12/h2-5,12,14-16H,6-10H2,1H3/t12?,14-,15-/m0/s1. The molecule has 3 atom stereocenters. The summed E-state index contributed by atoms with van der Waals surface area (Å²) in [6, 6.07) is 5.10. The minimum atomic E-state index is -3.84. The molecule has 0 aliphatic carbocycles. The molecule has 0 amide bonds. The summed E-state index contributed by atoms with van der Waals surface area (Å²) >= 11 is 0. The number of sulfone groups is 3. The van der Waals surface area contributed by atoms with Gasteiger partial charge in [0.2, 0.25) is 0 Å². The summed E-state index contributed by atoms with van der Waals surface area (Å²) in [5, 5.41) is 1.88. The van der Waals surface area contributed by atoms with Gasteiger partial charge in [-0.1, -0.05) is 17.7 Å². The molecule has 0 spiro atoms. The third-order valence-corrected chi connectivity index (χ3v) is 10.7. The second-order valence-electron chi connectivity index (χ2n) is 6.85. The number of nitrogens with one attached hydrogen (secondary N) is 1. The van der Waals surface area contributed by atoms with Gasteiger partial charge in [0.1, 0.15) is 0 Å². The van der Waals surface area contributed by atoms with E-state index in [1.165, 1.54) is 12.1 Å². The van der Waals surface area contributed by atoms with Crippen molar-refractivity contribution in [2.75, 3.05) is 23.0 Å². The van der Waals surface area contributed by atoms with Gasteiger partial charge in [-0.15, -0.1) is 0 Å². The predicted molar refractivity (Wildman–Crippen MR) is 94.8 cm³/mol. The molecule has 7 nitrogen and oxygen atoms in total. The molecule has 2 fully saturated rings. The lowest BCUT2D eigenvalue weighted by molar-refractivity contribution is 0.469. The van der Waals surface area contributed by atoms with E-state index in [9.17, 15) is 25.3 Å². The summed E-state index contributed by atoms with van der Waals surface area (Å²) in [4.78, 5) is 0.0889. The van der Waals surface area contributed by atoms with E-state index in [-0.39, 0.29) is 22.2 Å². The molecular weight excluding hydrogens is 386 g/mol. The van der Waals surface area contributed by atoms with Crippen LogP contribution in [0.15, 0.2) is 29.2 Å². The normalized spacial score (nSPS) is 31.2. The van der Waals surface area contributed by atoms with Gasteiger partial charge in [0.15, 0.2) is 29.5 Å². The summed E-state index contributed by atoms with van der Waals surface area (Å²) in [5.74, 6) is -0.778. The van der Waals surface area contributed by atoms with E-state index >= 15 is 0 Å². The third-order valence-electron chi connectivity index (χ3n) is 4.73. The van der Waals surface area contributed by atoms with Gasteiger partial charge in [-0.05, 0) is 25.5 Å². The van der Waals surface area contributed by atoms with Crippen LogP contribution >= 0.6 is 0 Å². The molecule has 0 saturated carbocycles. The Morgan fingerprint density at radius 3 is 2.16 bits per heavy atom. The Hall–Kier alpha value is -0.970. The van der Waals surface area contributed by atoms with Crippen molar-refractivity contribution < 1.29 is 25.3 Å². The highest BCUT2D eigenvalue weighted by atomic mass is 32.2. The van der Waals surface area contributed by atoms with Crippen molar-refractivity contribution in [3.63, 3.8) is 0 Å². The highest BCUT2D eigenvalue weighted by Gasteiger charge is 2.47. The zero-order chi connectivity index (χ0) is 18.5. The molecule has 2 aliphatic rings. The van der Waals surface area contributed by atoms with E-state index in [0.717, 1.165) is 5.56 Å². The maximum atomic E-state index is 12.9. The van der Waals surface area contributed by atoms with Crippen LogP contribution in [0.3, 0.4) is 0 Å². The quantitative estimate of drug-likeness (QED) is 0.729. The molecule has 2 heterocycles. The van der Waals surface area contributed by atoms with E-state index in [2.05, 4.69) is 5.32 Å². The first-order chi connectivity index (χ1) is 11.5. The molecule has 0 aromatic heterocycles. The average molecular weight is 408 g/mol. The summed E-state index contributed by atoms with van der Waals surface area (Å²) < 4.78 is 73.2. The summed E-state index contributed by atoms with van der Waals surface area (Å²) in [5.41, 5.74) is 0.906. The van der Waals surface area contributed by atoms with Crippen molar-refractivity contribution >= 4 is 29.5 Å². The Balaban J connectivity index is 1.88. The van der Waals surface area contributed by atoms with Crippen LogP contribution in [0, 0.1) is 6.92 Å². The van der Waals surface area contributed by atoms with E-state index in [1.54, 1.807) is 12.1 Å². The van der Waals surface area contributed by atoms with E-state index in [0.29, 0.717) is 6.42 Å². The number of benzene rings is 1. The lowest BCUT2D eigenvalue weighted by Crippen LogP contribution is -2.48. The number of hydrogen-bond acceptors (Lipinski definition) is 7. The first kappa shape index (κ1) is 18.8. The molecule has 2 saturated heterocycles. The first-order valence-electron chi connectivity index (χ1n) is 7.96. The molecule has 2 aliphatic heterocycles. The Morgan fingerprint density at radius 2 is 1.60 bits per heavy atom. The fraction of sp³-hybridized carbons (Fsp3) is 0.600. The smallest absolute Gasteiger partial charge is 0.183 e. The fourth-order valence-electron chi connectivity index (χ4n) is 3.41. The largest absolute Gasteiger partial charge is 0.308 e. The minimum absolute atomic E-state index is 0.0412. The Bertz CT molecular complexity index is 965. The zero-order valence-corrected chi connectivity index (χ0v) is 16.2. The van der Waals surface area contributed by atoms with Gasteiger partial charge in [-0.3, -0.25) is 0 Å². The molecule has 1 N–H and O–H groups in total. The van der Waals surface area contributed by atoms with E-state index < -0.39 is 52.6 Å². The Morgan fingerprint density at radius 1 is 0.960 bits per heavy atom. The summed E-state index contributed by atoms with van der Waals surface area (Å²) in [6.45, 7) is 1.83. The third kappa shape index (κ3) is 4.07. The van der Waals surface area contributed by atoms with E-state index in [4.69, 9.17) is 0 Å². The monoisotopic (exact) mass is 407 g/mol. The lowest BCUT2D eigenvalue weighted by Gasteiger charge is -2.23. The average Bonchev–Trinajstić information content (AvgIpc) is 2.98. The van der Waals surface area contributed by atoms with Gasteiger partial charge in [0, 0.05) is 12.1 Å². The van der Waals surface area contributed by atoms with Gasteiger partial charge >= 0.3 is 0 Å². The van der Waals surface area contributed by atoms with Gasteiger partial charge in [0.25, 0.3) is 0 Å². The molecule has 0 radical (unpaired) electrons. The maximum Gasteiger partial charge on any atom is 0.183 e. The van der Waals surface area contributed by atoms with Crippen molar-refractivity contribution in [3.8, 4) is 0 Å². The van der Waals surface area contributed by atoms with Crippen molar-refractivity contribution in [1.82, 2.24) is 5.32 Å². The molecule has 25 heavy (non-hydrogen) atoms. The molecule has 1 unspecified atom stereocenters. The predicted octanol–water partition coefficient (Wildman–Crippen LogP) is -0.289. The maximum absolute atomic E-state index is 12.9. The molecule has 140 valence electrons. The number of hydrogen-bond donors (Lipinski definition) is 1. The number of aryl methyl sites for hydroxylation is 1. The van der Waals surface area contributed by atoms with Crippen LogP contribution in [-0.4, -0.2) is 65.6 Å². The molecule has 3 rings (SSSR count). The first-order valence-corrected chi connectivity index (χ1v) is 13.1. The second-order valence-corrected chi connectivity index (χ2v) is 13.4. The van der Waals surface area contributed by atoms with Gasteiger partial charge in [-0.25, -0.2) is 25.3 Å². The van der Waals surface area contributed by atoms with Gasteiger partial charge in [0.05, 0.1) is 33.2 Å². The van der Waals surface area contributed by atoms with E-state index in [1.807, 2.05) is 6.92 Å². The van der Waals surface area contributed by atoms with Crippen molar-refractivity contribution in [2.24, 2.45) is 0 Å². The van der Waals surface area contributed by atoms with Crippen LogP contribution in [-0.2, 0) is 29.5 Å². The van der Waals surface area contributed by atoms with Crippen LogP contribution in [0.1, 0.15) is 12.0 Å². The van der Waals surface area contributed by atoms with Crippen LogP contribution in [0.4, 0.5) is 0 Å². The Kier molecular flexibility index (Phi) is 4.76. The SMILES string of the molecule is Cc1ccc(S(=O)(=O)[C@H]2CS(=O)(=O)C[C@@H]2NC2CCS(=O)(=O)C2)cc1. The van der Waals surface area contributed by atoms with Crippen LogP contribution in [0.25, 0.3) is 0 Å². The van der Waals surface area contributed by atoms with Crippen LogP contribution in [0.2, 0.25) is 0 Å². The van der Waals surface area contributed by atoms with Crippen LogP contribution < -0.4 is 5.32 Å². The highest BCUT2D eigenvalue weighted by Crippen LogP contribution is 2.27. The summed E-state index contributed by atoms with van der Waals surface area (Å²) in [7, 11) is -10.5. The molecule has 1 aromatic carbocycles.